The van der Waals surface area contributed by atoms with Gasteiger partial charge in [0.2, 0.25) is 10.0 Å². The fraction of sp³-hybridized carbons (Fsp3) is 0.435. The van der Waals surface area contributed by atoms with Gasteiger partial charge in [-0.25, -0.2) is 8.42 Å². The summed E-state index contributed by atoms with van der Waals surface area (Å²) in [4.78, 5) is 14.4. The number of carbonyl (C=O) groups excluding carboxylic acids is 1. The van der Waals surface area contributed by atoms with Gasteiger partial charge in [0.25, 0.3) is 5.91 Å². The summed E-state index contributed by atoms with van der Waals surface area (Å²) >= 11 is 0. The standard InChI is InChI=1S/C23H31N3O3S/c1-3-26(4-2)30(28,29)21-14-12-20(13-15-21)23(27)24-18-22(25-16-8-9-17-25)19-10-6-5-7-11-19/h5-7,10-15,22H,3-4,8-9,16-18H2,1-2H3,(H,24,27)/p+1/t22-/m1/s1. The molecular weight excluding hydrogens is 398 g/mol. The lowest BCUT2D eigenvalue weighted by Gasteiger charge is -2.25. The average Bonchev–Trinajstić information content (AvgIpc) is 3.30. The molecule has 7 heteroatoms. The fourth-order valence-corrected chi connectivity index (χ4v) is 5.61. The summed E-state index contributed by atoms with van der Waals surface area (Å²) in [5.74, 6) is -0.179. The molecule has 3 rings (SSSR count). The van der Waals surface area contributed by atoms with Crippen LogP contribution in [-0.2, 0) is 10.0 Å². The van der Waals surface area contributed by atoms with E-state index >= 15 is 0 Å². The third-order valence-corrected chi connectivity index (χ3v) is 7.93. The van der Waals surface area contributed by atoms with Crippen molar-refractivity contribution in [1.82, 2.24) is 9.62 Å². The Bertz CT molecular complexity index is 920. The zero-order valence-corrected chi connectivity index (χ0v) is 18.6. The van der Waals surface area contributed by atoms with Crippen molar-refractivity contribution >= 4 is 15.9 Å². The van der Waals surface area contributed by atoms with Crippen LogP contribution in [0.3, 0.4) is 0 Å². The summed E-state index contributed by atoms with van der Waals surface area (Å²) in [6.07, 6.45) is 2.43. The van der Waals surface area contributed by atoms with Gasteiger partial charge in [0.1, 0.15) is 6.04 Å². The fourth-order valence-electron chi connectivity index (χ4n) is 4.15. The predicted octanol–water partition coefficient (Wildman–Crippen LogP) is 1.87. The number of benzene rings is 2. The number of carbonyl (C=O) groups is 1. The van der Waals surface area contributed by atoms with E-state index in [0.717, 1.165) is 13.1 Å². The maximum Gasteiger partial charge on any atom is 0.251 e. The zero-order chi connectivity index (χ0) is 21.6. The Balaban J connectivity index is 1.69. The summed E-state index contributed by atoms with van der Waals surface area (Å²) in [6, 6.07) is 16.8. The van der Waals surface area contributed by atoms with Crippen molar-refractivity contribution in [1.29, 1.82) is 0 Å². The van der Waals surface area contributed by atoms with Crippen LogP contribution in [0.15, 0.2) is 59.5 Å². The molecule has 1 aliphatic rings. The molecular formula is C23H32N3O3S+. The summed E-state index contributed by atoms with van der Waals surface area (Å²) < 4.78 is 26.6. The third-order valence-electron chi connectivity index (χ3n) is 5.87. The van der Waals surface area contributed by atoms with Gasteiger partial charge in [0.05, 0.1) is 24.5 Å². The maximum atomic E-state index is 12.7. The molecule has 0 aliphatic carbocycles. The van der Waals surface area contributed by atoms with Gasteiger partial charge in [-0.3, -0.25) is 4.79 Å². The second-order valence-electron chi connectivity index (χ2n) is 7.65. The Kier molecular flexibility index (Phi) is 7.64. The lowest BCUT2D eigenvalue weighted by molar-refractivity contribution is -0.918. The van der Waals surface area contributed by atoms with Crippen molar-refractivity contribution in [3.05, 3.63) is 65.7 Å². The largest absolute Gasteiger partial charge is 0.346 e. The van der Waals surface area contributed by atoms with Gasteiger partial charge in [-0.05, 0) is 24.3 Å². The first-order chi connectivity index (χ1) is 14.5. The van der Waals surface area contributed by atoms with E-state index in [9.17, 15) is 13.2 Å². The van der Waals surface area contributed by atoms with Gasteiger partial charge in [-0.15, -0.1) is 0 Å². The molecule has 0 saturated carbocycles. The number of likely N-dealkylation sites (tertiary alicyclic amines) is 1. The number of sulfonamides is 1. The number of nitrogens with zero attached hydrogens (tertiary/aromatic N) is 1. The van der Waals surface area contributed by atoms with Crippen LogP contribution in [0, 0.1) is 0 Å². The van der Waals surface area contributed by atoms with Crippen molar-refractivity contribution in [2.75, 3.05) is 32.7 Å². The molecule has 30 heavy (non-hydrogen) atoms. The number of hydrogen-bond donors (Lipinski definition) is 2. The Hall–Kier alpha value is -2.22. The van der Waals surface area contributed by atoms with E-state index in [4.69, 9.17) is 0 Å². The molecule has 2 N–H and O–H groups in total. The molecule has 0 aromatic heterocycles. The van der Waals surface area contributed by atoms with Gasteiger partial charge in [-0.2, -0.15) is 4.31 Å². The second kappa shape index (κ2) is 10.2. The predicted molar refractivity (Wildman–Crippen MR) is 118 cm³/mol. The second-order valence-corrected chi connectivity index (χ2v) is 9.59. The van der Waals surface area contributed by atoms with Crippen molar-refractivity contribution < 1.29 is 18.1 Å². The molecule has 1 amide bonds. The highest BCUT2D eigenvalue weighted by atomic mass is 32.2. The highest BCUT2D eigenvalue weighted by Crippen LogP contribution is 2.16. The summed E-state index contributed by atoms with van der Waals surface area (Å²) in [5.41, 5.74) is 1.70. The van der Waals surface area contributed by atoms with Crippen LogP contribution in [-0.4, -0.2) is 51.4 Å². The molecule has 1 saturated heterocycles. The Labute approximate surface area is 179 Å². The van der Waals surface area contributed by atoms with Crippen molar-refractivity contribution in [3.63, 3.8) is 0 Å². The monoisotopic (exact) mass is 430 g/mol. The Morgan fingerprint density at radius 1 is 1.00 bits per heavy atom. The van der Waals surface area contributed by atoms with Gasteiger partial charge in [-0.1, -0.05) is 44.2 Å². The van der Waals surface area contributed by atoms with E-state index in [1.807, 2.05) is 32.0 Å². The molecule has 1 heterocycles. The summed E-state index contributed by atoms with van der Waals surface area (Å²) in [7, 11) is -3.52. The first kappa shape index (κ1) is 22.5. The zero-order valence-electron chi connectivity index (χ0n) is 17.8. The van der Waals surface area contributed by atoms with Crippen LogP contribution in [0.25, 0.3) is 0 Å². The Morgan fingerprint density at radius 2 is 1.60 bits per heavy atom. The molecule has 0 unspecified atom stereocenters. The van der Waals surface area contributed by atoms with Crippen LogP contribution in [0.4, 0.5) is 0 Å². The molecule has 6 nitrogen and oxygen atoms in total. The van der Waals surface area contributed by atoms with Gasteiger partial charge < -0.3 is 10.2 Å². The van der Waals surface area contributed by atoms with Crippen molar-refractivity contribution in [3.8, 4) is 0 Å². The topological polar surface area (TPSA) is 70.9 Å². The molecule has 0 radical (unpaired) electrons. The van der Waals surface area contributed by atoms with E-state index in [1.165, 1.54) is 39.7 Å². The van der Waals surface area contributed by atoms with Crippen LogP contribution in [0.5, 0.6) is 0 Å². The number of quaternary nitrogens is 1. The molecule has 0 bridgehead atoms. The SMILES string of the molecule is CCN(CC)S(=O)(=O)c1ccc(C(=O)NC[C@H](c2ccccc2)[NH+]2CCCC2)cc1. The lowest BCUT2D eigenvalue weighted by Crippen LogP contribution is -3.11. The van der Waals surface area contributed by atoms with Crippen molar-refractivity contribution in [2.24, 2.45) is 0 Å². The van der Waals surface area contributed by atoms with E-state index in [0.29, 0.717) is 25.2 Å². The van der Waals surface area contributed by atoms with Gasteiger partial charge in [0, 0.05) is 37.1 Å². The number of amides is 1. The minimum atomic E-state index is -3.52. The Morgan fingerprint density at radius 3 is 2.17 bits per heavy atom. The summed E-state index contributed by atoms with van der Waals surface area (Å²) in [5, 5.41) is 3.06. The van der Waals surface area contributed by atoms with E-state index in [2.05, 4.69) is 17.4 Å². The molecule has 2 aromatic carbocycles. The van der Waals surface area contributed by atoms with Crippen LogP contribution in [0.2, 0.25) is 0 Å². The number of nitrogens with one attached hydrogen (secondary N) is 2. The number of rotatable bonds is 9. The van der Waals surface area contributed by atoms with Crippen LogP contribution < -0.4 is 10.2 Å². The third kappa shape index (κ3) is 5.09. The molecule has 1 atom stereocenters. The molecule has 1 aliphatic heterocycles. The van der Waals surface area contributed by atoms with Gasteiger partial charge in [0.15, 0.2) is 0 Å². The smallest absolute Gasteiger partial charge is 0.251 e. The normalized spacial score (nSPS) is 16.0. The highest BCUT2D eigenvalue weighted by molar-refractivity contribution is 7.89. The minimum absolute atomic E-state index is 0.179. The average molecular weight is 431 g/mol. The molecule has 1 fully saturated rings. The quantitative estimate of drug-likeness (QED) is 0.638. The lowest BCUT2D eigenvalue weighted by atomic mass is 10.1. The highest BCUT2D eigenvalue weighted by Gasteiger charge is 2.28. The van der Waals surface area contributed by atoms with Gasteiger partial charge >= 0.3 is 0 Å². The van der Waals surface area contributed by atoms with E-state index in [1.54, 1.807) is 12.1 Å². The first-order valence-electron chi connectivity index (χ1n) is 10.7. The van der Waals surface area contributed by atoms with Crippen LogP contribution in [0.1, 0.15) is 48.7 Å². The number of hydrogen-bond acceptors (Lipinski definition) is 3. The van der Waals surface area contributed by atoms with Crippen LogP contribution >= 0.6 is 0 Å². The van der Waals surface area contributed by atoms with E-state index in [-0.39, 0.29) is 16.8 Å². The molecule has 162 valence electrons. The first-order valence-corrected chi connectivity index (χ1v) is 12.2. The maximum absolute atomic E-state index is 12.7. The molecule has 0 spiro atoms. The molecule has 2 aromatic rings. The minimum Gasteiger partial charge on any atom is -0.346 e. The summed E-state index contributed by atoms with van der Waals surface area (Å²) in [6.45, 7) is 7.25. The van der Waals surface area contributed by atoms with E-state index < -0.39 is 10.0 Å². The van der Waals surface area contributed by atoms with Crippen molar-refractivity contribution in [2.45, 2.75) is 37.6 Å².